The number of esters is 1. The molecule has 1 aliphatic carbocycles. The van der Waals surface area contributed by atoms with E-state index in [0.29, 0.717) is 24.7 Å². The SMILES string of the molecule is [CH]C(=O)OCC1CCC2OC2C1. The van der Waals surface area contributed by atoms with E-state index in [4.69, 9.17) is 16.4 Å². The third-order valence-corrected chi connectivity index (χ3v) is 2.57. The van der Waals surface area contributed by atoms with Crippen LogP contribution in [0.5, 0.6) is 0 Å². The molecule has 3 nitrogen and oxygen atoms in total. The maximum absolute atomic E-state index is 10.3. The molecule has 2 aliphatic rings. The topological polar surface area (TPSA) is 38.8 Å². The van der Waals surface area contributed by atoms with Crippen molar-refractivity contribution in [3.8, 4) is 0 Å². The maximum Gasteiger partial charge on any atom is 0.310 e. The summed E-state index contributed by atoms with van der Waals surface area (Å²) in [6, 6.07) is 0. The molecule has 1 saturated heterocycles. The maximum atomic E-state index is 10.3. The molecule has 0 bridgehead atoms. The van der Waals surface area contributed by atoms with Crippen molar-refractivity contribution in [1.29, 1.82) is 0 Å². The van der Waals surface area contributed by atoms with Crippen LogP contribution in [0, 0.1) is 12.8 Å². The number of carbonyl (C=O) groups is 1. The highest BCUT2D eigenvalue weighted by atomic mass is 16.6. The summed E-state index contributed by atoms with van der Waals surface area (Å²) < 4.78 is 10.1. The molecule has 0 spiro atoms. The number of hydrogen-bond donors (Lipinski definition) is 0. The molecule has 0 amide bonds. The summed E-state index contributed by atoms with van der Waals surface area (Å²) in [5.41, 5.74) is 0. The van der Waals surface area contributed by atoms with Gasteiger partial charge in [-0.1, -0.05) is 0 Å². The van der Waals surface area contributed by atoms with Gasteiger partial charge in [-0.2, -0.15) is 0 Å². The summed E-state index contributed by atoms with van der Waals surface area (Å²) in [5.74, 6) is -0.213. The van der Waals surface area contributed by atoms with Crippen molar-refractivity contribution in [2.45, 2.75) is 31.5 Å². The predicted octanol–water partition coefficient (Wildman–Crippen LogP) is 0.808. The second kappa shape index (κ2) is 3.05. The number of rotatable bonds is 2. The summed E-state index contributed by atoms with van der Waals surface area (Å²) in [4.78, 5) is 10.3. The summed E-state index contributed by atoms with van der Waals surface area (Å²) in [6.45, 7) is 5.32. The van der Waals surface area contributed by atoms with Gasteiger partial charge in [-0.15, -0.1) is 0 Å². The van der Waals surface area contributed by atoms with Gasteiger partial charge in [0.2, 0.25) is 0 Å². The first-order valence-corrected chi connectivity index (χ1v) is 4.33. The Hall–Kier alpha value is -0.570. The van der Waals surface area contributed by atoms with Crippen LogP contribution in [-0.2, 0) is 14.3 Å². The Morgan fingerprint density at radius 3 is 3.00 bits per heavy atom. The van der Waals surface area contributed by atoms with E-state index in [1.165, 1.54) is 0 Å². The van der Waals surface area contributed by atoms with E-state index in [9.17, 15) is 4.79 Å². The molecule has 3 unspecified atom stereocenters. The zero-order valence-corrected chi connectivity index (χ0v) is 6.86. The van der Waals surface area contributed by atoms with Crippen molar-refractivity contribution in [1.82, 2.24) is 0 Å². The molecule has 3 atom stereocenters. The number of ether oxygens (including phenoxy) is 2. The average Bonchev–Trinajstić information content (AvgIpc) is 2.78. The van der Waals surface area contributed by atoms with Crippen molar-refractivity contribution in [2.75, 3.05) is 6.61 Å². The molecule has 1 aliphatic heterocycles. The first-order valence-electron chi connectivity index (χ1n) is 4.33. The molecule has 0 aromatic rings. The molecule has 0 aromatic heterocycles. The third-order valence-electron chi connectivity index (χ3n) is 2.57. The van der Waals surface area contributed by atoms with Gasteiger partial charge in [0.1, 0.15) is 0 Å². The second-order valence-electron chi connectivity index (χ2n) is 3.52. The first-order chi connectivity index (χ1) is 5.75. The van der Waals surface area contributed by atoms with E-state index in [1.807, 2.05) is 0 Å². The Bertz CT molecular complexity index is 190. The molecule has 1 saturated carbocycles. The molecule has 2 radical (unpaired) electrons. The average molecular weight is 168 g/mol. The standard InChI is InChI=1S/C9H12O3/c1-6(10)11-5-7-2-3-8-9(4-7)12-8/h1,7-9H,2-5H2. The van der Waals surface area contributed by atoms with Gasteiger partial charge in [-0.25, -0.2) is 0 Å². The summed E-state index contributed by atoms with van der Waals surface area (Å²) >= 11 is 0. The largest absolute Gasteiger partial charge is 0.465 e. The Kier molecular flexibility index (Phi) is 2.05. The second-order valence-corrected chi connectivity index (χ2v) is 3.52. The van der Waals surface area contributed by atoms with Gasteiger partial charge in [0.15, 0.2) is 0 Å². The van der Waals surface area contributed by atoms with Gasteiger partial charge in [0.25, 0.3) is 0 Å². The lowest BCUT2D eigenvalue weighted by Gasteiger charge is -2.17. The van der Waals surface area contributed by atoms with Crippen LogP contribution in [0.4, 0.5) is 0 Å². The first kappa shape index (κ1) is 8.05. The number of hydrogen-bond acceptors (Lipinski definition) is 3. The predicted molar refractivity (Wildman–Crippen MR) is 41.3 cm³/mol. The minimum Gasteiger partial charge on any atom is -0.465 e. The molecule has 2 fully saturated rings. The van der Waals surface area contributed by atoms with Crippen molar-refractivity contribution in [3.05, 3.63) is 6.92 Å². The number of carbonyl (C=O) groups excluding carboxylic acids is 1. The summed E-state index contributed by atoms with van der Waals surface area (Å²) in [5, 5.41) is 0. The van der Waals surface area contributed by atoms with Gasteiger partial charge in [0.05, 0.1) is 25.7 Å². The van der Waals surface area contributed by atoms with Crippen LogP contribution < -0.4 is 0 Å². The molecule has 12 heavy (non-hydrogen) atoms. The van der Waals surface area contributed by atoms with Crippen LogP contribution in [0.1, 0.15) is 19.3 Å². The Balaban J connectivity index is 1.70. The van der Waals surface area contributed by atoms with Crippen LogP contribution in [0.25, 0.3) is 0 Å². The Morgan fingerprint density at radius 1 is 1.50 bits per heavy atom. The molecular weight excluding hydrogens is 156 g/mol. The quantitative estimate of drug-likeness (QED) is 0.452. The van der Waals surface area contributed by atoms with Crippen LogP contribution >= 0.6 is 0 Å². The molecule has 0 N–H and O–H groups in total. The lowest BCUT2D eigenvalue weighted by molar-refractivity contribution is -0.139. The fraction of sp³-hybridized carbons (Fsp3) is 0.778. The Morgan fingerprint density at radius 2 is 2.33 bits per heavy atom. The van der Waals surface area contributed by atoms with Crippen molar-refractivity contribution < 1.29 is 14.3 Å². The van der Waals surface area contributed by atoms with Gasteiger partial charge >= 0.3 is 5.97 Å². The minimum atomic E-state index is -0.672. The lowest BCUT2D eigenvalue weighted by Crippen LogP contribution is -2.19. The zero-order valence-electron chi connectivity index (χ0n) is 6.86. The Labute approximate surface area is 72.0 Å². The molecular formula is C9H12O3. The highest BCUT2D eigenvalue weighted by Gasteiger charge is 2.43. The minimum absolute atomic E-state index is 0.445. The van der Waals surface area contributed by atoms with E-state index < -0.39 is 5.97 Å². The van der Waals surface area contributed by atoms with E-state index in [1.54, 1.807) is 0 Å². The van der Waals surface area contributed by atoms with Crippen LogP contribution in [0.15, 0.2) is 0 Å². The van der Waals surface area contributed by atoms with E-state index in [0.717, 1.165) is 19.3 Å². The van der Waals surface area contributed by atoms with Crippen molar-refractivity contribution in [2.24, 2.45) is 5.92 Å². The monoisotopic (exact) mass is 168 g/mol. The normalized spacial score (nSPS) is 38.6. The van der Waals surface area contributed by atoms with E-state index >= 15 is 0 Å². The summed E-state index contributed by atoms with van der Waals surface area (Å²) in [6.07, 6.45) is 4.18. The zero-order chi connectivity index (χ0) is 8.55. The van der Waals surface area contributed by atoms with Crippen molar-refractivity contribution >= 4 is 5.97 Å². The van der Waals surface area contributed by atoms with Gasteiger partial charge in [-0.3, -0.25) is 4.79 Å². The van der Waals surface area contributed by atoms with Gasteiger partial charge in [0, 0.05) is 0 Å². The molecule has 2 rings (SSSR count). The smallest absolute Gasteiger partial charge is 0.310 e. The van der Waals surface area contributed by atoms with Gasteiger partial charge in [-0.05, 0) is 25.2 Å². The number of epoxide rings is 1. The molecule has 0 aromatic carbocycles. The fourth-order valence-corrected chi connectivity index (χ4v) is 1.84. The lowest BCUT2D eigenvalue weighted by atomic mass is 9.90. The molecule has 66 valence electrons. The van der Waals surface area contributed by atoms with Crippen LogP contribution in [0.3, 0.4) is 0 Å². The highest BCUT2D eigenvalue weighted by Crippen LogP contribution is 2.39. The van der Waals surface area contributed by atoms with E-state index in [2.05, 4.69) is 0 Å². The molecule has 1 heterocycles. The molecule has 3 heteroatoms. The van der Waals surface area contributed by atoms with E-state index in [-0.39, 0.29) is 0 Å². The number of fused-ring (bicyclic) bond motifs is 1. The van der Waals surface area contributed by atoms with Gasteiger partial charge < -0.3 is 9.47 Å². The van der Waals surface area contributed by atoms with Crippen molar-refractivity contribution in [3.63, 3.8) is 0 Å². The van der Waals surface area contributed by atoms with Crippen LogP contribution in [-0.4, -0.2) is 24.8 Å². The summed E-state index contributed by atoms with van der Waals surface area (Å²) in [7, 11) is 0. The fourth-order valence-electron chi connectivity index (χ4n) is 1.84. The highest BCUT2D eigenvalue weighted by molar-refractivity contribution is 5.73. The van der Waals surface area contributed by atoms with Crippen LogP contribution in [0.2, 0.25) is 0 Å². The third kappa shape index (κ3) is 1.78.